The second kappa shape index (κ2) is 7.54. The van der Waals surface area contributed by atoms with Crippen molar-refractivity contribution in [3.05, 3.63) is 102 Å². The lowest BCUT2D eigenvalue weighted by molar-refractivity contribution is 0.628. The molecule has 5 aromatic rings. The fourth-order valence-electron chi connectivity index (χ4n) is 4.30. The molecule has 0 aliphatic heterocycles. The minimum absolute atomic E-state index is 0.129. The number of halogens is 1. The molecule has 0 saturated carbocycles. The number of anilines is 1. The summed E-state index contributed by atoms with van der Waals surface area (Å²) in [7, 11) is 0. The summed E-state index contributed by atoms with van der Waals surface area (Å²) >= 11 is 0. The lowest BCUT2D eigenvalue weighted by Gasteiger charge is -2.17. The van der Waals surface area contributed by atoms with Gasteiger partial charge < -0.3 is 5.73 Å². The molecule has 0 bridgehead atoms. The molecule has 0 aliphatic rings. The molecule has 0 amide bonds. The molecule has 0 atom stereocenters. The van der Waals surface area contributed by atoms with Crippen molar-refractivity contribution in [2.45, 2.75) is 0 Å². The number of nitriles is 2. The average molecular weight is 413 g/mol. The van der Waals surface area contributed by atoms with Crippen LogP contribution in [0.25, 0.3) is 43.8 Å². The van der Waals surface area contributed by atoms with Crippen molar-refractivity contribution in [3.8, 4) is 34.4 Å². The molecule has 0 heterocycles. The van der Waals surface area contributed by atoms with Crippen LogP contribution in [0.3, 0.4) is 0 Å². The lowest BCUT2D eigenvalue weighted by Crippen LogP contribution is -2.01. The molecule has 0 spiro atoms. The molecular weight excluding hydrogens is 397 g/mol. The predicted octanol–water partition coefficient (Wildman–Crippen LogP) is 6.79. The smallest absolute Gasteiger partial charge is 0.123 e. The normalized spacial score (nSPS) is 10.7. The summed E-state index contributed by atoms with van der Waals surface area (Å²) in [5.74, 6) is -0.367. The summed E-state index contributed by atoms with van der Waals surface area (Å²) in [6.45, 7) is 0. The van der Waals surface area contributed by atoms with E-state index in [2.05, 4.69) is 18.2 Å². The number of hydrogen-bond donors (Lipinski definition) is 1. The Bertz CT molecular complexity index is 1550. The molecule has 32 heavy (non-hydrogen) atoms. The molecule has 0 saturated heterocycles. The topological polar surface area (TPSA) is 73.6 Å². The average Bonchev–Trinajstić information content (AvgIpc) is 2.82. The zero-order chi connectivity index (χ0) is 22.2. The highest BCUT2D eigenvalue weighted by atomic mass is 19.1. The molecule has 5 rings (SSSR count). The van der Waals surface area contributed by atoms with E-state index in [9.17, 15) is 14.9 Å². The first-order chi connectivity index (χ1) is 15.6. The first-order valence-electron chi connectivity index (χ1n) is 10.1. The van der Waals surface area contributed by atoms with Crippen LogP contribution < -0.4 is 5.73 Å². The minimum Gasteiger partial charge on any atom is -0.397 e. The molecule has 0 unspecified atom stereocenters. The molecule has 0 aromatic heterocycles. The summed E-state index contributed by atoms with van der Waals surface area (Å²) in [4.78, 5) is 0. The molecule has 0 aliphatic carbocycles. The van der Waals surface area contributed by atoms with Crippen LogP contribution in [0.4, 0.5) is 10.1 Å². The van der Waals surface area contributed by atoms with Crippen LogP contribution in [-0.4, -0.2) is 0 Å². The predicted molar refractivity (Wildman–Crippen MR) is 126 cm³/mol. The molecule has 0 radical (unpaired) electrons. The zero-order valence-electron chi connectivity index (χ0n) is 16.9. The Hall–Kier alpha value is -4.67. The van der Waals surface area contributed by atoms with Crippen LogP contribution in [0, 0.1) is 28.5 Å². The van der Waals surface area contributed by atoms with Gasteiger partial charge in [-0.15, -0.1) is 0 Å². The van der Waals surface area contributed by atoms with Gasteiger partial charge in [-0.05, 0) is 56.9 Å². The van der Waals surface area contributed by atoms with E-state index in [1.165, 1.54) is 12.1 Å². The molecule has 4 heteroatoms. The van der Waals surface area contributed by atoms with E-state index in [0.29, 0.717) is 16.7 Å². The number of nitrogens with two attached hydrogens (primary N) is 1. The van der Waals surface area contributed by atoms with Crippen LogP contribution in [0.15, 0.2) is 84.9 Å². The Morgan fingerprint density at radius 2 is 1.19 bits per heavy atom. The number of rotatable bonds is 2. The standard InChI is InChI=1S/C28H16FN3/c29-20-11-9-17(10-12-20)23-14-24(26(16-31)28(32)25(23)15-30)27-21-7-3-1-5-18(21)13-19-6-2-4-8-22(19)27/h1-14H,32H2. The van der Waals surface area contributed by atoms with E-state index in [1.807, 2.05) is 54.6 Å². The van der Waals surface area contributed by atoms with Crippen LogP contribution in [0.2, 0.25) is 0 Å². The van der Waals surface area contributed by atoms with Crippen molar-refractivity contribution < 1.29 is 4.39 Å². The fraction of sp³-hybridized carbons (Fsp3) is 0. The lowest BCUT2D eigenvalue weighted by atomic mass is 9.85. The molecule has 0 fully saturated rings. The first kappa shape index (κ1) is 19.3. The monoisotopic (exact) mass is 413 g/mol. The van der Waals surface area contributed by atoms with E-state index in [1.54, 1.807) is 12.1 Å². The third-order valence-corrected chi connectivity index (χ3v) is 5.79. The Morgan fingerprint density at radius 1 is 0.656 bits per heavy atom. The van der Waals surface area contributed by atoms with Gasteiger partial charge in [0.1, 0.15) is 18.0 Å². The van der Waals surface area contributed by atoms with E-state index >= 15 is 0 Å². The summed E-state index contributed by atoms with van der Waals surface area (Å²) in [5, 5.41) is 23.9. The number of nitrogens with zero attached hydrogens (tertiary/aromatic N) is 2. The third-order valence-electron chi connectivity index (χ3n) is 5.79. The van der Waals surface area contributed by atoms with Crippen molar-refractivity contribution in [2.75, 3.05) is 5.73 Å². The number of hydrogen-bond acceptors (Lipinski definition) is 3. The Morgan fingerprint density at radius 3 is 1.75 bits per heavy atom. The maximum Gasteiger partial charge on any atom is 0.123 e. The second-order valence-electron chi connectivity index (χ2n) is 7.56. The van der Waals surface area contributed by atoms with Crippen molar-refractivity contribution in [2.24, 2.45) is 0 Å². The summed E-state index contributed by atoms with van der Waals surface area (Å²) < 4.78 is 13.5. The SMILES string of the molecule is N#Cc1c(-c2ccc(F)cc2)cc(-c2c3ccccc3cc3ccccc23)c(C#N)c1N. The van der Waals surface area contributed by atoms with Gasteiger partial charge in [-0.1, -0.05) is 60.7 Å². The second-order valence-corrected chi connectivity index (χ2v) is 7.56. The van der Waals surface area contributed by atoms with Crippen molar-refractivity contribution in [3.63, 3.8) is 0 Å². The number of benzene rings is 5. The van der Waals surface area contributed by atoms with Gasteiger partial charge in [0.05, 0.1) is 16.8 Å². The van der Waals surface area contributed by atoms with Crippen LogP contribution in [0.1, 0.15) is 11.1 Å². The van der Waals surface area contributed by atoms with Crippen molar-refractivity contribution in [1.82, 2.24) is 0 Å². The summed E-state index contributed by atoms with van der Waals surface area (Å²) in [6, 6.07) is 30.2. The Balaban J connectivity index is 1.97. The van der Waals surface area contributed by atoms with Crippen molar-refractivity contribution >= 4 is 27.2 Å². The van der Waals surface area contributed by atoms with Gasteiger partial charge in [0.2, 0.25) is 0 Å². The Labute approximate surface area is 184 Å². The van der Waals surface area contributed by atoms with Gasteiger partial charge in [0, 0.05) is 11.1 Å². The fourth-order valence-corrected chi connectivity index (χ4v) is 4.30. The zero-order valence-corrected chi connectivity index (χ0v) is 16.9. The summed E-state index contributed by atoms with van der Waals surface area (Å²) in [5.41, 5.74) is 9.73. The Kier molecular flexibility index (Phi) is 4.55. The number of fused-ring (bicyclic) bond motifs is 2. The maximum atomic E-state index is 13.5. The quantitative estimate of drug-likeness (QED) is 0.256. The largest absolute Gasteiger partial charge is 0.397 e. The van der Waals surface area contributed by atoms with E-state index in [4.69, 9.17) is 5.73 Å². The number of nitrogen functional groups attached to an aromatic ring is 1. The summed E-state index contributed by atoms with van der Waals surface area (Å²) in [6.07, 6.45) is 0. The van der Waals surface area contributed by atoms with Crippen LogP contribution in [-0.2, 0) is 0 Å². The highest BCUT2D eigenvalue weighted by Gasteiger charge is 2.21. The highest BCUT2D eigenvalue weighted by Crippen LogP contribution is 2.42. The van der Waals surface area contributed by atoms with Gasteiger partial charge in [0.15, 0.2) is 0 Å². The molecule has 150 valence electrons. The third kappa shape index (κ3) is 2.95. The van der Waals surface area contributed by atoms with E-state index in [-0.39, 0.29) is 22.6 Å². The van der Waals surface area contributed by atoms with Gasteiger partial charge >= 0.3 is 0 Å². The van der Waals surface area contributed by atoms with Crippen LogP contribution >= 0.6 is 0 Å². The van der Waals surface area contributed by atoms with E-state index < -0.39 is 0 Å². The molecule has 2 N–H and O–H groups in total. The molecular formula is C28H16FN3. The van der Waals surface area contributed by atoms with Gasteiger partial charge in [-0.2, -0.15) is 10.5 Å². The van der Waals surface area contributed by atoms with Crippen LogP contribution in [0.5, 0.6) is 0 Å². The minimum atomic E-state index is -0.367. The molecule has 3 nitrogen and oxygen atoms in total. The van der Waals surface area contributed by atoms with E-state index in [0.717, 1.165) is 27.1 Å². The van der Waals surface area contributed by atoms with Gasteiger partial charge in [-0.3, -0.25) is 0 Å². The highest BCUT2D eigenvalue weighted by molar-refractivity contribution is 6.14. The maximum absolute atomic E-state index is 13.5. The first-order valence-corrected chi connectivity index (χ1v) is 10.1. The van der Waals surface area contributed by atoms with Gasteiger partial charge in [-0.25, -0.2) is 4.39 Å². The van der Waals surface area contributed by atoms with Gasteiger partial charge in [0.25, 0.3) is 0 Å². The molecule has 5 aromatic carbocycles. The van der Waals surface area contributed by atoms with Crippen molar-refractivity contribution in [1.29, 1.82) is 10.5 Å².